The summed E-state index contributed by atoms with van der Waals surface area (Å²) in [7, 11) is 0. The van der Waals surface area contributed by atoms with Gasteiger partial charge in [0, 0.05) is 50.3 Å². The second kappa shape index (κ2) is 13.2. The van der Waals surface area contributed by atoms with Crippen molar-refractivity contribution in [2.24, 2.45) is 0 Å². The number of aromatic hydroxyl groups is 1. The van der Waals surface area contributed by atoms with E-state index in [1.54, 1.807) is 12.3 Å². The van der Waals surface area contributed by atoms with Crippen LogP contribution in [0.4, 0.5) is 0 Å². The van der Waals surface area contributed by atoms with Gasteiger partial charge >= 0.3 is 0 Å². The Hall–Kier alpha value is -6.97. The summed E-state index contributed by atoms with van der Waals surface area (Å²) in [6.45, 7) is 12.9. The van der Waals surface area contributed by atoms with E-state index in [1.807, 2.05) is 30.4 Å². The summed E-state index contributed by atoms with van der Waals surface area (Å²) in [6, 6.07) is 26.9. The zero-order valence-corrected chi connectivity index (χ0v) is 31.7. The Kier molecular flexibility index (Phi) is 8.09. The highest BCUT2D eigenvalue weighted by molar-refractivity contribution is 5.96. The second-order valence-electron chi connectivity index (χ2n) is 14.7. The van der Waals surface area contributed by atoms with E-state index in [1.165, 1.54) is 33.4 Å². The van der Waals surface area contributed by atoms with Gasteiger partial charge in [-0.1, -0.05) is 47.2 Å². The molecule has 0 atom stereocenters. The molecule has 3 N–H and O–H groups in total. The topological polar surface area (TPSA) is 90.5 Å². The van der Waals surface area contributed by atoms with Gasteiger partial charge in [-0.15, -0.1) is 0 Å². The molecule has 9 rings (SSSR count). The molecule has 3 aromatic carbocycles. The zero-order chi connectivity index (χ0) is 38.0. The number of aromatic amines is 2. The van der Waals surface area contributed by atoms with E-state index in [-0.39, 0.29) is 5.75 Å². The van der Waals surface area contributed by atoms with Gasteiger partial charge in [0.25, 0.3) is 0 Å². The highest BCUT2D eigenvalue weighted by Crippen LogP contribution is 2.38. The van der Waals surface area contributed by atoms with Gasteiger partial charge in [0.15, 0.2) is 0 Å². The summed E-state index contributed by atoms with van der Waals surface area (Å²) in [5.41, 5.74) is 20.6. The number of hydrogen-bond donors (Lipinski definition) is 3. The van der Waals surface area contributed by atoms with E-state index in [0.29, 0.717) is 11.1 Å². The smallest absolute Gasteiger partial charge is 0.141 e. The Morgan fingerprint density at radius 3 is 1.56 bits per heavy atom. The van der Waals surface area contributed by atoms with Crippen molar-refractivity contribution in [3.8, 4) is 39.8 Å². The molecule has 0 saturated heterocycles. The molecule has 4 aromatic heterocycles. The Morgan fingerprint density at radius 1 is 0.527 bits per heavy atom. The number of aromatic nitrogens is 5. The number of nitrogens with zero attached hydrogens (tertiary/aromatic N) is 3. The Bertz CT molecular complexity index is 2870. The molecule has 7 aromatic rings. The average molecular weight is 714 g/mol. The number of H-pyrrole nitrogens is 2. The maximum absolute atomic E-state index is 10.6. The first-order valence-electron chi connectivity index (χ1n) is 18.5. The summed E-state index contributed by atoms with van der Waals surface area (Å²) in [4.78, 5) is 22.6. The van der Waals surface area contributed by atoms with E-state index in [2.05, 4.69) is 135 Å². The van der Waals surface area contributed by atoms with E-state index in [9.17, 15) is 5.11 Å². The molecule has 0 aliphatic carbocycles. The fourth-order valence-electron chi connectivity index (χ4n) is 8.34. The number of fused-ring (bicyclic) bond motifs is 9. The van der Waals surface area contributed by atoms with Gasteiger partial charge in [-0.05, 0) is 154 Å². The molecule has 0 saturated carbocycles. The minimum absolute atomic E-state index is 0.121. The molecular formula is C49H39N5O. The van der Waals surface area contributed by atoms with Gasteiger partial charge in [0.2, 0.25) is 0 Å². The standard InChI is InChI=1S/C49H39N5O/c1-27-22-29(3)45(30(4)23-27)47-40-14-11-34(51-40)26-35-12-15-41(52-35)48(46-31(5)24-28(2)25-32(46)6)43-19-17-39(54-43)37(38-16-18-42(47)53-38)13-9-33-10-20-44(55)49-36(33)8-7-21-50-49/h7-8,10-12,14-26,51-52,55H,1-6H3. The predicted octanol–water partition coefficient (Wildman–Crippen LogP) is 11.5. The van der Waals surface area contributed by atoms with Crippen LogP contribution in [0.1, 0.15) is 67.3 Å². The minimum atomic E-state index is 0.121. The zero-order valence-electron chi connectivity index (χ0n) is 31.7. The Morgan fingerprint density at radius 2 is 1.04 bits per heavy atom. The predicted molar refractivity (Wildman–Crippen MR) is 228 cm³/mol. The van der Waals surface area contributed by atoms with Gasteiger partial charge in [-0.3, -0.25) is 4.98 Å². The number of phenolic OH excluding ortho intramolecular Hbond substituents is 1. The lowest BCUT2D eigenvalue weighted by atomic mass is 9.92. The van der Waals surface area contributed by atoms with E-state index >= 15 is 0 Å². The Balaban J connectivity index is 1.42. The minimum Gasteiger partial charge on any atom is -0.506 e. The highest BCUT2D eigenvalue weighted by Gasteiger charge is 2.20. The van der Waals surface area contributed by atoms with Crippen molar-refractivity contribution in [1.82, 2.24) is 24.9 Å². The van der Waals surface area contributed by atoms with Crippen molar-refractivity contribution in [2.75, 3.05) is 0 Å². The van der Waals surface area contributed by atoms with Crippen LogP contribution >= 0.6 is 0 Å². The molecule has 55 heavy (non-hydrogen) atoms. The molecular weight excluding hydrogens is 675 g/mol. The summed E-state index contributed by atoms with van der Waals surface area (Å²) >= 11 is 0. The van der Waals surface area contributed by atoms with Crippen molar-refractivity contribution >= 4 is 57.3 Å². The van der Waals surface area contributed by atoms with Crippen molar-refractivity contribution in [1.29, 1.82) is 0 Å². The molecule has 6 heterocycles. The molecule has 0 fully saturated rings. The monoisotopic (exact) mass is 713 g/mol. The fourth-order valence-corrected chi connectivity index (χ4v) is 8.34. The average Bonchev–Trinajstić information content (AvgIpc) is 3.98. The van der Waals surface area contributed by atoms with Gasteiger partial charge in [-0.25, -0.2) is 9.97 Å². The fraction of sp³-hybridized carbons (Fsp3) is 0.122. The van der Waals surface area contributed by atoms with Gasteiger partial charge < -0.3 is 15.1 Å². The molecule has 8 bridgehead atoms. The largest absolute Gasteiger partial charge is 0.506 e. The van der Waals surface area contributed by atoms with Crippen molar-refractivity contribution in [3.63, 3.8) is 0 Å². The van der Waals surface area contributed by atoms with E-state index < -0.39 is 0 Å². The lowest BCUT2D eigenvalue weighted by Crippen LogP contribution is -1.95. The summed E-state index contributed by atoms with van der Waals surface area (Å²) in [5, 5.41) is 11.3. The summed E-state index contributed by atoms with van der Waals surface area (Å²) < 4.78 is 0. The molecule has 6 nitrogen and oxygen atoms in total. The number of rotatable bonds is 2. The van der Waals surface area contributed by atoms with Crippen molar-refractivity contribution < 1.29 is 5.11 Å². The third kappa shape index (κ3) is 6.00. The molecule has 0 spiro atoms. The number of benzene rings is 3. The van der Waals surface area contributed by atoms with Gasteiger partial charge in [0.1, 0.15) is 11.3 Å². The SMILES string of the molecule is Cc1cc(C)c(-c2c3nc(c(C#Cc4ccc(O)c5ncccc45)c4nc(c(-c5c(C)cc(C)cc5C)c5ccc(cc6ccc2[nH]6)[nH]5)C=C4)C=C3)c(C)c1. The maximum atomic E-state index is 10.6. The second-order valence-corrected chi connectivity index (χ2v) is 14.7. The summed E-state index contributed by atoms with van der Waals surface area (Å²) in [5.74, 6) is 7.05. The lowest BCUT2D eigenvalue weighted by Gasteiger charge is -2.13. The van der Waals surface area contributed by atoms with Crippen LogP contribution in [-0.4, -0.2) is 30.0 Å². The third-order valence-electron chi connectivity index (χ3n) is 10.5. The van der Waals surface area contributed by atoms with E-state index in [4.69, 9.17) is 9.97 Å². The lowest BCUT2D eigenvalue weighted by molar-refractivity contribution is 0.480. The molecule has 266 valence electrons. The summed E-state index contributed by atoms with van der Waals surface area (Å²) in [6.07, 6.45) is 9.95. The molecule has 0 unspecified atom stereocenters. The number of pyridine rings is 1. The van der Waals surface area contributed by atoms with Crippen LogP contribution in [-0.2, 0) is 0 Å². The van der Waals surface area contributed by atoms with Crippen LogP contribution in [0, 0.1) is 53.4 Å². The Labute approximate surface area is 320 Å². The van der Waals surface area contributed by atoms with Crippen LogP contribution in [0.2, 0.25) is 0 Å². The quantitative estimate of drug-likeness (QED) is 0.156. The van der Waals surface area contributed by atoms with Crippen LogP contribution in [0.25, 0.3) is 79.5 Å². The van der Waals surface area contributed by atoms with Crippen LogP contribution in [0.5, 0.6) is 5.75 Å². The number of phenols is 1. The normalized spacial score (nSPS) is 12.0. The number of aryl methyl sites for hydroxylation is 6. The van der Waals surface area contributed by atoms with Crippen LogP contribution in [0.3, 0.4) is 0 Å². The number of nitrogens with one attached hydrogen (secondary N) is 2. The highest BCUT2D eigenvalue weighted by atomic mass is 16.3. The molecule has 2 aliphatic heterocycles. The molecule has 0 radical (unpaired) electrons. The van der Waals surface area contributed by atoms with E-state index in [0.717, 1.165) is 78.0 Å². The van der Waals surface area contributed by atoms with Gasteiger partial charge in [-0.2, -0.15) is 0 Å². The van der Waals surface area contributed by atoms with Crippen LogP contribution < -0.4 is 0 Å². The first kappa shape index (κ1) is 33.8. The molecule has 2 aliphatic rings. The third-order valence-corrected chi connectivity index (χ3v) is 10.5. The van der Waals surface area contributed by atoms with Crippen molar-refractivity contribution in [3.05, 3.63) is 152 Å². The van der Waals surface area contributed by atoms with Crippen molar-refractivity contribution in [2.45, 2.75) is 41.5 Å². The number of hydrogen-bond acceptors (Lipinski definition) is 4. The first-order valence-corrected chi connectivity index (χ1v) is 18.5. The van der Waals surface area contributed by atoms with Crippen LogP contribution in [0.15, 0.2) is 85.1 Å². The van der Waals surface area contributed by atoms with Gasteiger partial charge in [0.05, 0.1) is 28.3 Å². The molecule has 0 amide bonds. The maximum Gasteiger partial charge on any atom is 0.141 e. The molecule has 6 heteroatoms. The first-order chi connectivity index (χ1) is 26.6.